The Kier molecular flexibility index (Phi) is 7.01. The molecule has 2 saturated heterocycles. The van der Waals surface area contributed by atoms with E-state index in [4.69, 9.17) is 17.2 Å². The molecule has 8 N–H and O–H groups in total. The topological polar surface area (TPSA) is 169 Å². The zero-order valence-electron chi connectivity index (χ0n) is 20.9. The fraction of sp³-hybridized carbons (Fsp3) is 0.481. The number of carbonyl (C=O) groups is 3. The number of benzene rings is 1. The number of pyridine rings is 1. The molecule has 196 valence electrons. The minimum absolute atomic E-state index is 0.0400. The largest absolute Gasteiger partial charge is 0.382 e. The maximum atomic E-state index is 13.2. The molecule has 2 bridgehead atoms. The van der Waals surface area contributed by atoms with Gasteiger partial charge in [-0.3, -0.25) is 14.4 Å². The van der Waals surface area contributed by atoms with Gasteiger partial charge in [0.1, 0.15) is 5.82 Å². The number of primary amides is 2. The first-order chi connectivity index (χ1) is 17.8. The Balaban J connectivity index is 1.25. The summed E-state index contributed by atoms with van der Waals surface area (Å²) in [6, 6.07) is 9.56. The predicted octanol–water partition coefficient (Wildman–Crippen LogP) is 1.89. The third kappa shape index (κ3) is 5.39. The first-order valence-electron chi connectivity index (χ1n) is 13.1. The lowest BCUT2D eigenvalue weighted by Crippen LogP contribution is -2.50. The molecule has 1 aromatic heterocycles. The average molecular weight is 506 g/mol. The molecule has 1 saturated carbocycles. The van der Waals surface area contributed by atoms with Crippen molar-refractivity contribution in [1.82, 2.24) is 10.3 Å². The van der Waals surface area contributed by atoms with Gasteiger partial charge in [-0.2, -0.15) is 0 Å². The molecule has 37 heavy (non-hydrogen) atoms. The first-order valence-corrected chi connectivity index (χ1v) is 13.1. The maximum absolute atomic E-state index is 13.2. The molecule has 3 atom stereocenters. The van der Waals surface area contributed by atoms with E-state index in [0.29, 0.717) is 22.4 Å². The van der Waals surface area contributed by atoms with Crippen molar-refractivity contribution in [3.63, 3.8) is 0 Å². The van der Waals surface area contributed by atoms with Gasteiger partial charge >= 0.3 is 0 Å². The van der Waals surface area contributed by atoms with Crippen LogP contribution in [0.5, 0.6) is 0 Å². The lowest BCUT2D eigenvalue weighted by molar-refractivity contribution is 0.0924. The second-order valence-corrected chi connectivity index (χ2v) is 10.6. The lowest BCUT2D eigenvalue weighted by Gasteiger charge is -2.40. The highest BCUT2D eigenvalue weighted by molar-refractivity contribution is 6.02. The number of fused-ring (bicyclic) bond motifs is 2. The van der Waals surface area contributed by atoms with Crippen LogP contribution in [0.25, 0.3) is 0 Å². The number of amides is 3. The summed E-state index contributed by atoms with van der Waals surface area (Å²) >= 11 is 0. The zero-order valence-corrected chi connectivity index (χ0v) is 20.9. The van der Waals surface area contributed by atoms with Gasteiger partial charge in [0, 0.05) is 47.7 Å². The molecule has 1 aliphatic carbocycles. The Morgan fingerprint density at radius 1 is 0.838 bits per heavy atom. The summed E-state index contributed by atoms with van der Waals surface area (Å²) in [5, 5.41) is 6.64. The van der Waals surface area contributed by atoms with Crippen LogP contribution >= 0.6 is 0 Å². The molecule has 0 spiro atoms. The van der Waals surface area contributed by atoms with Crippen molar-refractivity contribution < 1.29 is 14.4 Å². The average Bonchev–Trinajstić information content (AvgIpc) is 3.15. The predicted molar refractivity (Wildman–Crippen MR) is 141 cm³/mol. The highest BCUT2D eigenvalue weighted by atomic mass is 16.2. The van der Waals surface area contributed by atoms with E-state index >= 15 is 0 Å². The van der Waals surface area contributed by atoms with Crippen molar-refractivity contribution in [2.75, 3.05) is 10.2 Å². The van der Waals surface area contributed by atoms with E-state index < -0.39 is 11.8 Å². The van der Waals surface area contributed by atoms with Crippen molar-refractivity contribution in [1.29, 1.82) is 0 Å². The molecule has 2 aromatic rings. The van der Waals surface area contributed by atoms with Gasteiger partial charge in [0.15, 0.2) is 0 Å². The van der Waals surface area contributed by atoms with E-state index in [1.807, 2.05) is 6.07 Å². The van der Waals surface area contributed by atoms with E-state index in [1.54, 1.807) is 24.3 Å². The summed E-state index contributed by atoms with van der Waals surface area (Å²) < 4.78 is 0. The van der Waals surface area contributed by atoms with Gasteiger partial charge in [-0.25, -0.2) is 4.98 Å². The number of aromatic nitrogens is 1. The molecule has 1 aromatic carbocycles. The van der Waals surface area contributed by atoms with E-state index in [9.17, 15) is 14.4 Å². The van der Waals surface area contributed by atoms with Crippen molar-refractivity contribution in [3.05, 3.63) is 53.2 Å². The number of piperidine rings is 1. The molecule has 0 radical (unpaired) electrons. The van der Waals surface area contributed by atoms with Crippen LogP contribution in [0.4, 0.5) is 11.5 Å². The van der Waals surface area contributed by atoms with Crippen molar-refractivity contribution in [2.24, 2.45) is 17.2 Å². The van der Waals surface area contributed by atoms with Crippen LogP contribution in [0.15, 0.2) is 36.5 Å². The van der Waals surface area contributed by atoms with Crippen LogP contribution in [-0.4, -0.2) is 52.9 Å². The minimum atomic E-state index is -0.525. The van der Waals surface area contributed by atoms with E-state index in [0.717, 1.165) is 57.2 Å². The van der Waals surface area contributed by atoms with Gasteiger partial charge in [0.2, 0.25) is 5.91 Å². The Labute approximate surface area is 216 Å². The number of nitrogens with one attached hydrogen (secondary N) is 2. The summed E-state index contributed by atoms with van der Waals surface area (Å²) in [5.41, 5.74) is 18.8. The zero-order chi connectivity index (χ0) is 26.1. The normalized spacial score (nSPS) is 26.9. The number of nitrogens with zero attached hydrogens (tertiary/aromatic N) is 2. The van der Waals surface area contributed by atoms with Crippen LogP contribution in [0.3, 0.4) is 0 Å². The second kappa shape index (κ2) is 10.4. The molecule has 1 unspecified atom stereocenters. The highest BCUT2D eigenvalue weighted by Crippen LogP contribution is 2.38. The van der Waals surface area contributed by atoms with Crippen LogP contribution < -0.4 is 32.7 Å². The van der Waals surface area contributed by atoms with Crippen LogP contribution in [0.1, 0.15) is 82.4 Å². The third-order valence-corrected chi connectivity index (χ3v) is 8.04. The number of rotatable bonds is 7. The van der Waals surface area contributed by atoms with Crippen LogP contribution in [0.2, 0.25) is 0 Å². The number of nitrogens with two attached hydrogens (primary N) is 3. The summed E-state index contributed by atoms with van der Waals surface area (Å²) in [5.74, 6) is -0.341. The maximum Gasteiger partial charge on any atom is 0.251 e. The van der Waals surface area contributed by atoms with E-state index in [2.05, 4.69) is 20.5 Å². The summed E-state index contributed by atoms with van der Waals surface area (Å²) in [4.78, 5) is 43.4. The third-order valence-electron chi connectivity index (χ3n) is 8.04. The molecule has 3 amide bonds. The molecule has 2 aliphatic heterocycles. The Hall–Kier alpha value is -3.66. The number of hydrogen-bond donors (Lipinski definition) is 5. The highest BCUT2D eigenvalue weighted by Gasteiger charge is 2.41. The fourth-order valence-electron chi connectivity index (χ4n) is 6.13. The molecule has 3 fully saturated rings. The molecular formula is C27H35N7O3. The van der Waals surface area contributed by atoms with Gasteiger partial charge in [-0.1, -0.05) is 0 Å². The molecule has 10 heteroatoms. The van der Waals surface area contributed by atoms with Crippen LogP contribution in [-0.2, 0) is 0 Å². The monoisotopic (exact) mass is 505 g/mol. The lowest BCUT2D eigenvalue weighted by atomic mass is 9.91. The second-order valence-electron chi connectivity index (χ2n) is 10.6. The van der Waals surface area contributed by atoms with Gasteiger partial charge in [0.25, 0.3) is 11.8 Å². The summed E-state index contributed by atoms with van der Waals surface area (Å²) in [6.45, 7) is 0. The Bertz CT molecular complexity index is 1160. The van der Waals surface area contributed by atoms with Gasteiger partial charge in [-0.05, 0) is 81.7 Å². The molecule has 3 heterocycles. The minimum Gasteiger partial charge on any atom is -0.382 e. The molecule has 10 nitrogen and oxygen atoms in total. The fourth-order valence-corrected chi connectivity index (χ4v) is 6.13. The van der Waals surface area contributed by atoms with E-state index in [1.165, 1.54) is 6.20 Å². The summed E-state index contributed by atoms with van der Waals surface area (Å²) in [7, 11) is 0. The number of hydrogen-bond acceptors (Lipinski definition) is 7. The standard InChI is InChI=1S/C27H35N7O3/c28-17-3-5-18(6-4-17)32-23-11-15(1-9-22(23)26(30)36)27(37)33-19-12-20-7-8-21(13-19)34(20)24-10-2-16(14-31-24)25(29)35/h1-2,9-11,14,17-21,32H,3-8,12-13,28H2,(H2,29,35)(H2,30,36)(H,33,37)/t17?,18?,19?,20-,21+. The summed E-state index contributed by atoms with van der Waals surface area (Å²) in [6.07, 6.45) is 8.89. The van der Waals surface area contributed by atoms with Crippen molar-refractivity contribution >= 4 is 29.2 Å². The Morgan fingerprint density at radius 2 is 1.51 bits per heavy atom. The number of carbonyl (C=O) groups excluding carboxylic acids is 3. The van der Waals surface area contributed by atoms with Crippen molar-refractivity contribution in [3.8, 4) is 0 Å². The molecule has 5 rings (SSSR count). The Morgan fingerprint density at radius 3 is 2.11 bits per heavy atom. The van der Waals surface area contributed by atoms with Gasteiger partial charge in [-0.15, -0.1) is 0 Å². The van der Waals surface area contributed by atoms with Crippen LogP contribution in [0, 0.1) is 0 Å². The van der Waals surface area contributed by atoms with Crippen molar-refractivity contribution in [2.45, 2.75) is 81.6 Å². The van der Waals surface area contributed by atoms with E-state index in [-0.39, 0.29) is 36.1 Å². The molecule has 3 aliphatic rings. The quantitative estimate of drug-likeness (QED) is 0.382. The SMILES string of the molecule is NC(=O)c1ccc(N2[C@@H]3CC[C@H]2CC(NC(=O)c2ccc(C(N)=O)c(NC4CCC(N)CC4)c2)C3)nc1. The molecular weight excluding hydrogens is 470 g/mol. The number of anilines is 2. The first kappa shape index (κ1) is 25.0. The smallest absolute Gasteiger partial charge is 0.251 e. The van der Waals surface area contributed by atoms with Gasteiger partial charge < -0.3 is 32.7 Å². The van der Waals surface area contributed by atoms with Gasteiger partial charge in [0.05, 0.1) is 11.1 Å².